The monoisotopic (exact) mass is 951 g/mol. The number of furan rings is 1. The molecular formula is C68H79BN2O. The van der Waals surface area contributed by atoms with Crippen LogP contribution < -0.4 is 26.4 Å². The molecule has 0 atom stereocenters. The summed E-state index contributed by atoms with van der Waals surface area (Å²) in [5.74, 6) is 0.491. The highest BCUT2D eigenvalue weighted by atomic mass is 16.3. The molecule has 0 unspecified atom stereocenters. The second kappa shape index (κ2) is 16.0. The van der Waals surface area contributed by atoms with E-state index in [4.69, 9.17) is 4.42 Å². The van der Waals surface area contributed by atoms with Crippen LogP contribution in [0.5, 0.6) is 0 Å². The number of hydrogen-bond donors (Lipinski definition) is 0. The first kappa shape index (κ1) is 47.5. The van der Waals surface area contributed by atoms with Crippen molar-refractivity contribution in [3.8, 4) is 11.1 Å². The Morgan fingerprint density at radius 1 is 0.514 bits per heavy atom. The van der Waals surface area contributed by atoms with Gasteiger partial charge in [0, 0.05) is 33.7 Å². The van der Waals surface area contributed by atoms with E-state index in [-0.39, 0.29) is 39.2 Å². The van der Waals surface area contributed by atoms with Gasteiger partial charge in [0.05, 0.1) is 17.0 Å². The Balaban J connectivity index is 1.24. The Hall–Kier alpha value is -5.48. The summed E-state index contributed by atoms with van der Waals surface area (Å²) in [5.41, 5.74) is 25.0. The Bertz CT molecular complexity index is 3320. The zero-order valence-corrected chi connectivity index (χ0v) is 46.2. The quantitative estimate of drug-likeness (QED) is 0.164. The third-order valence-corrected chi connectivity index (χ3v) is 18.9. The maximum Gasteiger partial charge on any atom is 0.297 e. The van der Waals surface area contributed by atoms with Gasteiger partial charge in [0.15, 0.2) is 0 Å². The fourth-order valence-corrected chi connectivity index (χ4v) is 14.0. The van der Waals surface area contributed by atoms with Crippen molar-refractivity contribution in [2.45, 2.75) is 193 Å². The molecule has 3 aliphatic carbocycles. The van der Waals surface area contributed by atoms with Gasteiger partial charge in [-0.15, -0.1) is 0 Å². The van der Waals surface area contributed by atoms with Crippen molar-refractivity contribution in [3.05, 3.63) is 148 Å². The molecule has 0 spiro atoms. The largest absolute Gasteiger partial charge is 0.468 e. The molecule has 0 saturated heterocycles. The third-order valence-electron chi connectivity index (χ3n) is 18.9. The SMILES string of the molecule is CC(C)(C)c1ccc2c(c1)B1c3oc4cc5c(cc4c3N(c3ccc4c(c3)C(C)(C)CCC4(C)C)c3cc(C4CCCCC4)cc(c31)N2c1ccc(C(C)(C)C)cc1-c1ccccc1)C(C)(C)CCC5(C)C. The number of rotatable bonds is 4. The first-order valence-corrected chi connectivity index (χ1v) is 27.8. The molecule has 3 nitrogen and oxygen atoms in total. The average molecular weight is 951 g/mol. The van der Waals surface area contributed by atoms with E-state index in [1.165, 1.54) is 145 Å². The van der Waals surface area contributed by atoms with Crippen LogP contribution in [0.4, 0.5) is 34.1 Å². The number of hydrogen-bond acceptors (Lipinski definition) is 3. The summed E-state index contributed by atoms with van der Waals surface area (Å²) in [6, 6.07) is 43.9. The molecule has 5 aliphatic rings. The van der Waals surface area contributed by atoms with Gasteiger partial charge in [-0.3, -0.25) is 0 Å². The number of fused-ring (bicyclic) bond motifs is 8. The molecule has 0 N–H and O–H groups in total. The maximum absolute atomic E-state index is 7.76. The zero-order valence-electron chi connectivity index (χ0n) is 46.2. The molecule has 1 fully saturated rings. The second-order valence-electron chi connectivity index (χ2n) is 27.8. The summed E-state index contributed by atoms with van der Waals surface area (Å²) >= 11 is 0. The van der Waals surface area contributed by atoms with Gasteiger partial charge >= 0.3 is 0 Å². The van der Waals surface area contributed by atoms with Gasteiger partial charge in [0.2, 0.25) is 0 Å². The maximum atomic E-state index is 7.76. The molecule has 370 valence electrons. The Labute approximate surface area is 432 Å². The van der Waals surface area contributed by atoms with Crippen LogP contribution in [-0.2, 0) is 32.5 Å². The standard InChI is InChI=1S/C68H79BN2O/c1-63(2,3)45-25-29-55(48(37-45)43-23-19-16-20-24-43)71-56-30-26-46(64(4,5)6)38-54(56)69-60-57(35-44(36-58(60)71)42-21-17-15-18-22-42)70(47-27-28-50-51(39-47)66(9,10)32-31-65(50,7)8)61-49-40-52-53(41-59(49)72-62(61)69)68(13,14)34-33-67(52,11)12/h16,19-20,23-30,35-42H,15,17-18,21-22,31-34H2,1-14H3. The number of benzene rings is 6. The van der Waals surface area contributed by atoms with Crippen LogP contribution in [0.3, 0.4) is 0 Å². The molecule has 1 saturated carbocycles. The highest BCUT2D eigenvalue weighted by Crippen LogP contribution is 2.55. The van der Waals surface area contributed by atoms with Gasteiger partial charge in [-0.1, -0.05) is 171 Å². The molecule has 3 heterocycles. The van der Waals surface area contributed by atoms with Gasteiger partial charge in [0.25, 0.3) is 6.71 Å². The van der Waals surface area contributed by atoms with Crippen molar-refractivity contribution in [2.24, 2.45) is 0 Å². The van der Waals surface area contributed by atoms with Crippen LogP contribution in [0.25, 0.3) is 22.1 Å². The van der Waals surface area contributed by atoms with E-state index >= 15 is 0 Å². The fourth-order valence-electron chi connectivity index (χ4n) is 14.0. The van der Waals surface area contributed by atoms with Crippen LogP contribution in [0.1, 0.15) is 200 Å². The molecule has 2 aliphatic heterocycles. The van der Waals surface area contributed by atoms with Gasteiger partial charge in [-0.2, -0.15) is 0 Å². The lowest BCUT2D eigenvalue weighted by Gasteiger charge is -2.45. The molecule has 0 amide bonds. The lowest BCUT2D eigenvalue weighted by molar-refractivity contribution is 0.332. The van der Waals surface area contributed by atoms with Crippen LogP contribution in [0, 0.1) is 0 Å². The third kappa shape index (κ3) is 7.40. The predicted octanol–water partition coefficient (Wildman–Crippen LogP) is 17.5. The van der Waals surface area contributed by atoms with Crippen molar-refractivity contribution in [1.82, 2.24) is 0 Å². The second-order valence-corrected chi connectivity index (χ2v) is 27.8. The van der Waals surface area contributed by atoms with E-state index in [9.17, 15) is 0 Å². The number of anilines is 6. The Morgan fingerprint density at radius 3 is 1.69 bits per heavy atom. The van der Waals surface area contributed by atoms with Crippen molar-refractivity contribution < 1.29 is 4.42 Å². The van der Waals surface area contributed by atoms with Gasteiger partial charge < -0.3 is 14.2 Å². The minimum absolute atomic E-state index is 0.0187. The van der Waals surface area contributed by atoms with E-state index in [2.05, 4.69) is 216 Å². The predicted molar refractivity (Wildman–Crippen MR) is 309 cm³/mol. The molecule has 1 aromatic heterocycles. The molecule has 0 bridgehead atoms. The smallest absolute Gasteiger partial charge is 0.297 e. The lowest BCUT2D eigenvalue weighted by atomic mass is 9.35. The lowest BCUT2D eigenvalue weighted by Crippen LogP contribution is -2.61. The normalized spacial score (nSPS) is 19.6. The van der Waals surface area contributed by atoms with Crippen molar-refractivity contribution in [3.63, 3.8) is 0 Å². The van der Waals surface area contributed by atoms with E-state index in [0.717, 1.165) is 24.1 Å². The van der Waals surface area contributed by atoms with E-state index in [1.807, 2.05) is 0 Å². The van der Waals surface area contributed by atoms with Crippen LogP contribution in [0.2, 0.25) is 0 Å². The summed E-state index contributed by atoms with van der Waals surface area (Å²) in [7, 11) is 0. The summed E-state index contributed by atoms with van der Waals surface area (Å²) in [6.07, 6.45) is 11.0. The van der Waals surface area contributed by atoms with E-state index < -0.39 is 0 Å². The summed E-state index contributed by atoms with van der Waals surface area (Å²) < 4.78 is 7.76. The topological polar surface area (TPSA) is 19.6 Å². The molecule has 6 aromatic carbocycles. The average Bonchev–Trinajstić information content (AvgIpc) is 3.72. The van der Waals surface area contributed by atoms with Crippen molar-refractivity contribution in [1.29, 1.82) is 0 Å². The van der Waals surface area contributed by atoms with Crippen molar-refractivity contribution in [2.75, 3.05) is 9.80 Å². The zero-order chi connectivity index (χ0) is 50.7. The van der Waals surface area contributed by atoms with Gasteiger partial charge in [0.1, 0.15) is 5.58 Å². The highest BCUT2D eigenvalue weighted by molar-refractivity contribution is 7.00. The van der Waals surface area contributed by atoms with Crippen molar-refractivity contribution >= 4 is 68.4 Å². The minimum Gasteiger partial charge on any atom is -0.468 e. The molecule has 12 rings (SSSR count). The molecular weight excluding hydrogens is 872 g/mol. The molecule has 4 heteroatoms. The Morgan fingerprint density at radius 2 is 1.07 bits per heavy atom. The molecule has 72 heavy (non-hydrogen) atoms. The van der Waals surface area contributed by atoms with Gasteiger partial charge in [-0.05, 0) is 187 Å². The Kier molecular flexibility index (Phi) is 10.6. The fraction of sp³-hybridized carbons (Fsp3) is 0.441. The molecule has 0 radical (unpaired) electrons. The molecule has 7 aromatic rings. The van der Waals surface area contributed by atoms with E-state index in [0.29, 0.717) is 5.92 Å². The summed E-state index contributed by atoms with van der Waals surface area (Å²) in [5, 5.41) is 1.24. The summed E-state index contributed by atoms with van der Waals surface area (Å²) in [6.45, 7) is 33.7. The number of nitrogens with zero attached hydrogens (tertiary/aromatic N) is 2. The van der Waals surface area contributed by atoms with Crippen LogP contribution in [-0.4, -0.2) is 6.71 Å². The highest BCUT2D eigenvalue weighted by Gasteiger charge is 2.49. The summed E-state index contributed by atoms with van der Waals surface area (Å²) in [4.78, 5) is 5.40. The minimum atomic E-state index is -0.123. The van der Waals surface area contributed by atoms with Crippen LogP contribution in [0.15, 0.2) is 114 Å². The van der Waals surface area contributed by atoms with Crippen LogP contribution >= 0.6 is 0 Å². The van der Waals surface area contributed by atoms with Gasteiger partial charge in [-0.25, -0.2) is 0 Å². The first-order valence-electron chi connectivity index (χ1n) is 27.8. The first-order chi connectivity index (χ1) is 33.9. The van der Waals surface area contributed by atoms with E-state index in [1.54, 1.807) is 0 Å².